The SMILES string of the molecule is CC1=NN(c2ccc(S(=O)(=O)O)cc2)C(=O)C1N=Nc1cc(Cl)cc(S(=O)(=O)O)c1O. The molecule has 0 spiro atoms. The number of carbonyl (C=O) groups is 1. The average Bonchev–Trinajstić information content (AvgIpc) is 2.94. The first-order valence-electron chi connectivity index (χ1n) is 8.16. The fourth-order valence-electron chi connectivity index (χ4n) is 2.59. The van der Waals surface area contributed by atoms with Crippen molar-refractivity contribution in [3.8, 4) is 5.75 Å². The Hall–Kier alpha value is -2.91. The van der Waals surface area contributed by atoms with Gasteiger partial charge in [-0.1, -0.05) is 11.6 Å². The lowest BCUT2D eigenvalue weighted by atomic mass is 10.2. The number of rotatable bonds is 5. The van der Waals surface area contributed by atoms with Crippen LogP contribution in [0, 0.1) is 0 Å². The van der Waals surface area contributed by atoms with E-state index >= 15 is 0 Å². The zero-order valence-corrected chi connectivity index (χ0v) is 17.8. The van der Waals surface area contributed by atoms with Gasteiger partial charge in [-0.2, -0.15) is 37.2 Å². The molecule has 3 rings (SSSR count). The van der Waals surface area contributed by atoms with E-state index in [1.165, 1.54) is 19.1 Å². The van der Waals surface area contributed by atoms with Crippen molar-refractivity contribution in [2.24, 2.45) is 15.3 Å². The van der Waals surface area contributed by atoms with E-state index in [0.29, 0.717) is 0 Å². The van der Waals surface area contributed by atoms with Gasteiger partial charge in [-0.15, -0.1) is 0 Å². The Morgan fingerprint density at radius 3 is 2.23 bits per heavy atom. The molecule has 164 valence electrons. The number of carbonyl (C=O) groups excluding carboxylic acids is 1. The van der Waals surface area contributed by atoms with Crippen LogP contribution in [0.25, 0.3) is 0 Å². The Balaban J connectivity index is 1.90. The first kappa shape index (κ1) is 22.8. The lowest BCUT2D eigenvalue weighted by Gasteiger charge is -2.12. The van der Waals surface area contributed by atoms with Crippen LogP contribution in [0.5, 0.6) is 5.75 Å². The molecule has 2 aromatic carbocycles. The van der Waals surface area contributed by atoms with Gasteiger partial charge in [0.1, 0.15) is 10.6 Å². The maximum Gasteiger partial charge on any atom is 0.298 e. The Labute approximate surface area is 181 Å². The van der Waals surface area contributed by atoms with Gasteiger partial charge in [-0.25, -0.2) is 0 Å². The predicted octanol–water partition coefficient (Wildman–Crippen LogP) is 2.41. The quantitative estimate of drug-likeness (QED) is 0.422. The van der Waals surface area contributed by atoms with E-state index in [1.807, 2.05) is 0 Å². The molecule has 1 unspecified atom stereocenters. The molecule has 1 aliphatic heterocycles. The lowest BCUT2D eigenvalue weighted by molar-refractivity contribution is -0.117. The second-order valence-electron chi connectivity index (χ2n) is 6.23. The highest BCUT2D eigenvalue weighted by atomic mass is 35.5. The van der Waals surface area contributed by atoms with E-state index in [2.05, 4.69) is 15.3 Å². The van der Waals surface area contributed by atoms with Crippen molar-refractivity contribution >= 4 is 54.8 Å². The number of halogens is 1. The molecule has 0 saturated carbocycles. The molecule has 1 amide bonds. The smallest absolute Gasteiger partial charge is 0.298 e. The predicted molar refractivity (Wildman–Crippen MR) is 108 cm³/mol. The minimum absolute atomic E-state index is 0.164. The van der Waals surface area contributed by atoms with Crippen molar-refractivity contribution < 1.29 is 35.8 Å². The molecule has 0 aliphatic carbocycles. The molecule has 12 nitrogen and oxygen atoms in total. The maximum atomic E-state index is 12.7. The molecule has 15 heteroatoms. The number of azo groups is 1. The summed E-state index contributed by atoms with van der Waals surface area (Å²) in [4.78, 5) is 11.4. The summed E-state index contributed by atoms with van der Waals surface area (Å²) in [5, 5.41) is 22.3. The Morgan fingerprint density at radius 1 is 1.06 bits per heavy atom. The third-order valence-corrected chi connectivity index (χ3v) is 6.01. The number of hydrazone groups is 1. The van der Waals surface area contributed by atoms with Crippen LogP contribution in [0.15, 0.2) is 61.5 Å². The van der Waals surface area contributed by atoms with Gasteiger partial charge in [0.15, 0.2) is 11.8 Å². The molecule has 0 saturated heterocycles. The summed E-state index contributed by atoms with van der Waals surface area (Å²) < 4.78 is 63.1. The van der Waals surface area contributed by atoms with Crippen LogP contribution in [0.3, 0.4) is 0 Å². The van der Waals surface area contributed by atoms with Crippen LogP contribution >= 0.6 is 11.6 Å². The summed E-state index contributed by atoms with van der Waals surface area (Å²) in [5.74, 6) is -1.58. The highest BCUT2D eigenvalue weighted by Gasteiger charge is 2.35. The fraction of sp³-hybridized carbons (Fsp3) is 0.125. The Bertz CT molecular complexity index is 1340. The zero-order valence-electron chi connectivity index (χ0n) is 15.4. The standard InChI is InChI=1S/C16H13ClN4O8S2/c1-8-14(19-18-12-6-9(17)7-13(15(12)22)31(27,28)29)16(23)21(20-8)10-2-4-11(5-3-10)30(24,25)26/h2-7,14,22H,1H3,(H,24,25,26)(H,27,28,29). The molecule has 1 aliphatic rings. The second kappa shape index (κ2) is 7.97. The highest BCUT2D eigenvalue weighted by molar-refractivity contribution is 7.86. The summed E-state index contributed by atoms with van der Waals surface area (Å²) >= 11 is 5.78. The topological polar surface area (TPSA) is 186 Å². The first-order chi connectivity index (χ1) is 14.3. The average molecular weight is 489 g/mol. The zero-order chi connectivity index (χ0) is 23.1. The van der Waals surface area contributed by atoms with Gasteiger partial charge in [0, 0.05) is 5.02 Å². The van der Waals surface area contributed by atoms with Gasteiger partial charge in [0.2, 0.25) is 0 Å². The largest absolute Gasteiger partial charge is 0.504 e. The van der Waals surface area contributed by atoms with Gasteiger partial charge in [0.25, 0.3) is 26.1 Å². The molecule has 1 heterocycles. The molecular formula is C16H13ClN4O8S2. The number of aromatic hydroxyl groups is 1. The van der Waals surface area contributed by atoms with E-state index in [9.17, 15) is 26.7 Å². The molecule has 31 heavy (non-hydrogen) atoms. The van der Waals surface area contributed by atoms with E-state index in [-0.39, 0.29) is 21.3 Å². The third kappa shape index (κ3) is 4.72. The third-order valence-electron chi connectivity index (χ3n) is 4.05. The monoisotopic (exact) mass is 488 g/mol. The van der Waals surface area contributed by atoms with Crippen molar-refractivity contribution in [1.82, 2.24) is 0 Å². The molecule has 0 radical (unpaired) electrons. The summed E-state index contributed by atoms with van der Waals surface area (Å²) in [6.45, 7) is 1.47. The summed E-state index contributed by atoms with van der Waals surface area (Å²) in [6, 6.07) is 5.33. The van der Waals surface area contributed by atoms with Gasteiger partial charge < -0.3 is 5.11 Å². The molecule has 3 N–H and O–H groups in total. The molecule has 1 atom stereocenters. The number of nitrogens with zero attached hydrogens (tertiary/aromatic N) is 4. The first-order valence-corrected chi connectivity index (χ1v) is 11.4. The number of hydrogen-bond donors (Lipinski definition) is 3. The number of phenolic OH excluding ortho intramolecular Hbond substituents is 1. The van der Waals surface area contributed by atoms with E-state index in [0.717, 1.165) is 29.3 Å². The van der Waals surface area contributed by atoms with Crippen molar-refractivity contribution in [3.63, 3.8) is 0 Å². The number of amides is 1. The minimum Gasteiger partial charge on any atom is -0.504 e. The second-order valence-corrected chi connectivity index (χ2v) is 9.47. The molecule has 2 aromatic rings. The van der Waals surface area contributed by atoms with Crippen molar-refractivity contribution in [2.75, 3.05) is 5.01 Å². The maximum absolute atomic E-state index is 12.7. The van der Waals surface area contributed by atoms with Gasteiger partial charge in [-0.3, -0.25) is 13.9 Å². The van der Waals surface area contributed by atoms with Crippen LogP contribution in [-0.2, 0) is 25.0 Å². The van der Waals surface area contributed by atoms with Gasteiger partial charge in [-0.05, 0) is 43.3 Å². The van der Waals surface area contributed by atoms with Crippen LogP contribution in [-0.4, -0.2) is 48.7 Å². The van der Waals surface area contributed by atoms with Crippen LogP contribution in [0.1, 0.15) is 6.92 Å². The highest BCUT2D eigenvalue weighted by Crippen LogP contribution is 2.37. The van der Waals surface area contributed by atoms with Crippen LogP contribution < -0.4 is 5.01 Å². The summed E-state index contributed by atoms with van der Waals surface area (Å²) in [7, 11) is -9.20. The lowest BCUT2D eigenvalue weighted by Crippen LogP contribution is -2.29. The fourth-order valence-corrected chi connectivity index (χ4v) is 3.97. The van der Waals surface area contributed by atoms with Crippen LogP contribution in [0.4, 0.5) is 11.4 Å². The number of anilines is 1. The van der Waals surface area contributed by atoms with Gasteiger partial charge in [0.05, 0.1) is 16.3 Å². The van der Waals surface area contributed by atoms with Crippen molar-refractivity contribution in [2.45, 2.75) is 22.8 Å². The Morgan fingerprint density at radius 2 is 1.68 bits per heavy atom. The van der Waals surface area contributed by atoms with Crippen molar-refractivity contribution in [3.05, 3.63) is 41.4 Å². The number of benzene rings is 2. The van der Waals surface area contributed by atoms with Crippen molar-refractivity contribution in [1.29, 1.82) is 0 Å². The molecule has 0 bridgehead atoms. The Kier molecular flexibility index (Phi) is 5.86. The number of phenols is 1. The van der Waals surface area contributed by atoms with Crippen LogP contribution in [0.2, 0.25) is 5.02 Å². The normalized spacial score (nSPS) is 17.4. The van der Waals surface area contributed by atoms with Gasteiger partial charge >= 0.3 is 0 Å². The summed E-state index contributed by atoms with van der Waals surface area (Å²) in [5.41, 5.74) is -0.0190. The molecule has 0 aromatic heterocycles. The molecule has 0 fully saturated rings. The summed E-state index contributed by atoms with van der Waals surface area (Å²) in [6.07, 6.45) is 0. The minimum atomic E-state index is -4.79. The van der Waals surface area contributed by atoms with E-state index in [4.69, 9.17) is 20.7 Å². The van der Waals surface area contributed by atoms with E-state index in [1.54, 1.807) is 0 Å². The van der Waals surface area contributed by atoms with E-state index < -0.39 is 48.5 Å². The number of hydrogen-bond acceptors (Lipinski definition) is 9. The molecular weight excluding hydrogens is 476 g/mol.